The molecule has 2 unspecified atom stereocenters. The van der Waals surface area contributed by atoms with Crippen LogP contribution in [0.1, 0.15) is 18.1 Å². The van der Waals surface area contributed by atoms with Crippen molar-refractivity contribution in [2.45, 2.75) is 32.4 Å². The van der Waals surface area contributed by atoms with Crippen LogP contribution in [0.4, 0.5) is 0 Å². The van der Waals surface area contributed by atoms with Crippen LogP contribution in [0, 0.1) is 6.92 Å². The number of benzene rings is 1. The van der Waals surface area contributed by atoms with Crippen molar-refractivity contribution < 1.29 is 24.5 Å². The summed E-state index contributed by atoms with van der Waals surface area (Å²) in [5, 5.41) is 20.5. The average Bonchev–Trinajstić information content (AvgIpc) is 2.37. The number of hydrogen-bond acceptors (Lipinski definition) is 4. The SMILES string of the molecule is COc1cc(CC(=O)NC(C(=O)O)C(C)O)ccc1C. The second-order valence-corrected chi connectivity index (χ2v) is 4.60. The third kappa shape index (κ3) is 4.24. The lowest BCUT2D eigenvalue weighted by molar-refractivity contribution is -0.144. The lowest BCUT2D eigenvalue weighted by Crippen LogP contribution is -2.48. The first-order chi connectivity index (χ1) is 9.35. The maximum Gasteiger partial charge on any atom is 0.328 e. The van der Waals surface area contributed by atoms with E-state index in [2.05, 4.69) is 5.32 Å². The molecule has 6 nitrogen and oxygen atoms in total. The minimum Gasteiger partial charge on any atom is -0.496 e. The van der Waals surface area contributed by atoms with Gasteiger partial charge in [0.05, 0.1) is 19.6 Å². The molecule has 1 aromatic carbocycles. The highest BCUT2D eigenvalue weighted by atomic mass is 16.5. The second-order valence-electron chi connectivity index (χ2n) is 4.60. The van der Waals surface area contributed by atoms with Gasteiger partial charge in [-0.3, -0.25) is 4.79 Å². The molecule has 0 radical (unpaired) electrons. The summed E-state index contributed by atoms with van der Waals surface area (Å²) in [5.74, 6) is -1.07. The Bertz CT molecular complexity index is 498. The summed E-state index contributed by atoms with van der Waals surface area (Å²) in [6, 6.07) is 4.02. The molecule has 1 aromatic rings. The van der Waals surface area contributed by atoms with E-state index in [1.807, 2.05) is 13.0 Å². The van der Waals surface area contributed by atoms with Crippen molar-refractivity contribution in [1.29, 1.82) is 0 Å². The number of aryl methyl sites for hydroxylation is 1. The lowest BCUT2D eigenvalue weighted by Gasteiger charge is -2.17. The molecule has 20 heavy (non-hydrogen) atoms. The largest absolute Gasteiger partial charge is 0.496 e. The van der Waals surface area contributed by atoms with E-state index in [4.69, 9.17) is 9.84 Å². The number of amides is 1. The topological polar surface area (TPSA) is 95.9 Å². The number of hydrogen-bond donors (Lipinski definition) is 3. The molecule has 0 spiro atoms. The number of methoxy groups -OCH3 is 1. The molecule has 2 atom stereocenters. The van der Waals surface area contributed by atoms with Gasteiger partial charge in [0.1, 0.15) is 5.75 Å². The highest BCUT2D eigenvalue weighted by Crippen LogP contribution is 2.19. The van der Waals surface area contributed by atoms with E-state index in [1.54, 1.807) is 19.2 Å². The zero-order chi connectivity index (χ0) is 15.3. The second kappa shape index (κ2) is 6.91. The quantitative estimate of drug-likeness (QED) is 0.705. The van der Waals surface area contributed by atoms with E-state index in [0.29, 0.717) is 11.3 Å². The van der Waals surface area contributed by atoms with Crippen LogP contribution in [-0.2, 0) is 16.0 Å². The predicted octanol–water partition coefficient (Wildman–Crippen LogP) is 0.496. The highest BCUT2D eigenvalue weighted by Gasteiger charge is 2.24. The standard InChI is InChI=1S/C14H19NO5/c1-8-4-5-10(6-11(8)20-3)7-12(17)15-13(9(2)16)14(18)19/h4-6,9,13,16H,7H2,1-3H3,(H,15,17)(H,18,19). The lowest BCUT2D eigenvalue weighted by atomic mass is 10.1. The van der Waals surface area contributed by atoms with E-state index in [0.717, 1.165) is 5.56 Å². The monoisotopic (exact) mass is 281 g/mol. The maximum atomic E-state index is 11.8. The van der Waals surface area contributed by atoms with Gasteiger partial charge >= 0.3 is 5.97 Å². The normalized spacial score (nSPS) is 13.4. The fraction of sp³-hybridized carbons (Fsp3) is 0.429. The van der Waals surface area contributed by atoms with Gasteiger partial charge in [-0.1, -0.05) is 12.1 Å². The zero-order valence-corrected chi connectivity index (χ0v) is 11.7. The molecule has 0 aliphatic rings. The van der Waals surface area contributed by atoms with Crippen LogP contribution >= 0.6 is 0 Å². The Balaban J connectivity index is 2.73. The van der Waals surface area contributed by atoms with Crippen LogP contribution in [0.15, 0.2) is 18.2 Å². The molecule has 0 saturated heterocycles. The number of carbonyl (C=O) groups is 2. The van der Waals surface area contributed by atoms with E-state index >= 15 is 0 Å². The first-order valence-electron chi connectivity index (χ1n) is 6.19. The fourth-order valence-corrected chi connectivity index (χ4v) is 1.77. The highest BCUT2D eigenvalue weighted by molar-refractivity contribution is 5.85. The van der Waals surface area contributed by atoms with Crippen molar-refractivity contribution in [1.82, 2.24) is 5.32 Å². The van der Waals surface area contributed by atoms with E-state index in [-0.39, 0.29) is 6.42 Å². The first-order valence-corrected chi connectivity index (χ1v) is 6.19. The predicted molar refractivity (Wildman–Crippen MR) is 72.7 cm³/mol. The molecule has 110 valence electrons. The third-order valence-corrected chi connectivity index (χ3v) is 2.90. The van der Waals surface area contributed by atoms with Crippen LogP contribution in [0.5, 0.6) is 5.75 Å². The third-order valence-electron chi connectivity index (χ3n) is 2.90. The molecule has 0 fully saturated rings. The summed E-state index contributed by atoms with van der Waals surface area (Å²) in [6.07, 6.45) is -1.14. The molecule has 1 rings (SSSR count). The number of carboxylic acid groups (broad SMARTS) is 1. The van der Waals surface area contributed by atoms with Crippen LogP contribution in [0.3, 0.4) is 0 Å². The van der Waals surface area contributed by atoms with Gasteiger partial charge in [-0.05, 0) is 31.0 Å². The number of carboxylic acids is 1. The molecule has 0 heterocycles. The van der Waals surface area contributed by atoms with Crippen molar-refractivity contribution >= 4 is 11.9 Å². The van der Waals surface area contributed by atoms with Gasteiger partial charge in [-0.25, -0.2) is 4.79 Å². The van der Waals surface area contributed by atoms with Gasteiger partial charge in [0.25, 0.3) is 0 Å². The van der Waals surface area contributed by atoms with Gasteiger partial charge in [0.15, 0.2) is 6.04 Å². The van der Waals surface area contributed by atoms with Crippen LogP contribution in [-0.4, -0.2) is 41.3 Å². The van der Waals surface area contributed by atoms with Crippen molar-refractivity contribution in [2.24, 2.45) is 0 Å². The molecular formula is C14H19NO5. The maximum absolute atomic E-state index is 11.8. The van der Waals surface area contributed by atoms with Crippen LogP contribution < -0.4 is 10.1 Å². The van der Waals surface area contributed by atoms with Crippen LogP contribution in [0.25, 0.3) is 0 Å². The average molecular weight is 281 g/mol. The molecule has 0 aliphatic carbocycles. The molecule has 6 heteroatoms. The van der Waals surface area contributed by atoms with Crippen LogP contribution in [0.2, 0.25) is 0 Å². The van der Waals surface area contributed by atoms with E-state index in [1.165, 1.54) is 6.92 Å². The molecule has 0 bridgehead atoms. The molecule has 0 aliphatic heterocycles. The minimum absolute atomic E-state index is 0.0210. The van der Waals surface area contributed by atoms with Crippen molar-refractivity contribution in [3.8, 4) is 5.75 Å². The number of aliphatic carboxylic acids is 1. The number of ether oxygens (including phenoxy) is 1. The molecule has 0 saturated carbocycles. The number of aliphatic hydroxyl groups is 1. The summed E-state index contributed by atoms with van der Waals surface area (Å²) >= 11 is 0. The summed E-state index contributed by atoms with van der Waals surface area (Å²) in [6.45, 7) is 3.20. The minimum atomic E-state index is -1.31. The Morgan fingerprint density at radius 2 is 2.05 bits per heavy atom. The molecule has 1 amide bonds. The number of nitrogens with one attached hydrogen (secondary N) is 1. The summed E-state index contributed by atoms with van der Waals surface area (Å²) < 4.78 is 5.16. The van der Waals surface area contributed by atoms with Gasteiger partial charge < -0.3 is 20.3 Å². The summed E-state index contributed by atoms with van der Waals surface area (Å²) in [4.78, 5) is 22.7. The number of carbonyl (C=O) groups excluding carboxylic acids is 1. The fourth-order valence-electron chi connectivity index (χ4n) is 1.77. The zero-order valence-electron chi connectivity index (χ0n) is 11.7. The van der Waals surface area contributed by atoms with Gasteiger partial charge in [-0.15, -0.1) is 0 Å². The summed E-state index contributed by atoms with van der Waals surface area (Å²) in [7, 11) is 1.54. The Kier molecular flexibility index (Phi) is 5.52. The number of aliphatic hydroxyl groups excluding tert-OH is 1. The Hall–Kier alpha value is -2.08. The van der Waals surface area contributed by atoms with E-state index < -0.39 is 24.0 Å². The smallest absolute Gasteiger partial charge is 0.328 e. The summed E-state index contributed by atoms with van der Waals surface area (Å²) in [5.41, 5.74) is 1.66. The van der Waals surface area contributed by atoms with Gasteiger partial charge in [0.2, 0.25) is 5.91 Å². The van der Waals surface area contributed by atoms with Crippen molar-refractivity contribution in [3.63, 3.8) is 0 Å². The van der Waals surface area contributed by atoms with Gasteiger partial charge in [0, 0.05) is 0 Å². The first kappa shape index (κ1) is 16.0. The molecule has 0 aromatic heterocycles. The van der Waals surface area contributed by atoms with E-state index in [9.17, 15) is 14.7 Å². The van der Waals surface area contributed by atoms with Crippen molar-refractivity contribution in [2.75, 3.05) is 7.11 Å². The molecule has 3 N–H and O–H groups in total. The van der Waals surface area contributed by atoms with Gasteiger partial charge in [-0.2, -0.15) is 0 Å². The Morgan fingerprint density at radius 1 is 1.40 bits per heavy atom. The number of rotatable bonds is 6. The van der Waals surface area contributed by atoms with Crippen molar-refractivity contribution in [3.05, 3.63) is 29.3 Å². The Labute approximate surface area is 117 Å². The Morgan fingerprint density at radius 3 is 2.55 bits per heavy atom. The molecular weight excluding hydrogens is 262 g/mol.